The smallest absolute Gasteiger partial charge is 0.325 e. The van der Waals surface area contributed by atoms with Gasteiger partial charge in [0.1, 0.15) is 0 Å². The van der Waals surface area contributed by atoms with Crippen molar-refractivity contribution in [2.45, 2.75) is 37.9 Å². The molecule has 1 amide bonds. The number of non-ortho nitro benzene ring substituents is 1. The number of hydrogen-bond acceptors (Lipinski definition) is 4. The lowest BCUT2D eigenvalue weighted by Gasteiger charge is -2.09. The Bertz CT molecular complexity index is 944. The molecule has 1 heterocycles. The fourth-order valence-corrected chi connectivity index (χ4v) is 3.69. The first-order valence-corrected chi connectivity index (χ1v) is 9.32. The number of halogens is 5. The predicted octanol–water partition coefficient (Wildman–Crippen LogP) is 5.13. The fourth-order valence-electron chi connectivity index (χ4n) is 2.69. The van der Waals surface area contributed by atoms with Gasteiger partial charge in [-0.1, -0.05) is 11.6 Å². The number of nitro groups is 1. The van der Waals surface area contributed by atoms with E-state index in [0.717, 1.165) is 18.9 Å². The van der Waals surface area contributed by atoms with Gasteiger partial charge in [0, 0.05) is 24.5 Å². The zero-order chi connectivity index (χ0) is 20.6. The monoisotopic (exact) mass is 480 g/mol. The highest BCUT2D eigenvalue weighted by atomic mass is 79.9. The van der Waals surface area contributed by atoms with E-state index in [1.54, 1.807) is 0 Å². The van der Waals surface area contributed by atoms with Crippen LogP contribution in [-0.2, 0) is 17.5 Å². The molecule has 150 valence electrons. The molecule has 1 saturated carbocycles. The van der Waals surface area contributed by atoms with Crippen LogP contribution >= 0.6 is 27.5 Å². The van der Waals surface area contributed by atoms with Crippen molar-refractivity contribution in [3.8, 4) is 0 Å². The Hall–Kier alpha value is -2.14. The molecule has 0 radical (unpaired) electrons. The summed E-state index contributed by atoms with van der Waals surface area (Å²) in [5.74, 6) is -0.573. The maximum atomic E-state index is 13.1. The van der Waals surface area contributed by atoms with E-state index in [1.807, 2.05) is 0 Å². The molecule has 0 unspecified atom stereocenters. The standard InChI is InChI=1S/C16H13BrClF3N4O3/c17-13-14(8-1-2-8)24(23-15(13)16(19,20)21)6-5-12(26)22-11-7-9(25(27)28)3-4-10(11)18/h3-4,7-8H,1-2,5-6H2,(H,22,26). The van der Waals surface area contributed by atoms with Gasteiger partial charge < -0.3 is 5.32 Å². The summed E-state index contributed by atoms with van der Waals surface area (Å²) in [5, 5.41) is 17.0. The van der Waals surface area contributed by atoms with Crippen LogP contribution in [0.5, 0.6) is 0 Å². The molecule has 0 aliphatic heterocycles. The second-order valence-electron chi connectivity index (χ2n) is 6.26. The van der Waals surface area contributed by atoms with Gasteiger partial charge in [-0.25, -0.2) is 0 Å². The number of benzene rings is 1. The average molecular weight is 482 g/mol. The van der Waals surface area contributed by atoms with E-state index in [1.165, 1.54) is 16.8 Å². The minimum absolute atomic E-state index is 0.0211. The topological polar surface area (TPSA) is 90.1 Å². The SMILES string of the molecule is O=C(CCn1nc(C(F)(F)F)c(Br)c1C1CC1)Nc1cc([N+](=O)[O-])ccc1Cl. The molecule has 1 aromatic heterocycles. The number of nitro benzene ring substituents is 1. The Kier molecular flexibility index (Phi) is 5.67. The van der Waals surface area contributed by atoms with Crippen LogP contribution in [0.2, 0.25) is 5.02 Å². The molecule has 1 aromatic carbocycles. The molecular weight excluding hydrogens is 469 g/mol. The number of aromatic nitrogens is 2. The van der Waals surface area contributed by atoms with Gasteiger partial charge in [-0.2, -0.15) is 18.3 Å². The van der Waals surface area contributed by atoms with E-state index in [2.05, 4.69) is 26.3 Å². The van der Waals surface area contributed by atoms with Gasteiger partial charge in [0.05, 0.1) is 32.3 Å². The van der Waals surface area contributed by atoms with Crippen LogP contribution in [0.3, 0.4) is 0 Å². The van der Waals surface area contributed by atoms with E-state index in [4.69, 9.17) is 11.6 Å². The summed E-state index contributed by atoms with van der Waals surface area (Å²) in [4.78, 5) is 22.4. The molecule has 0 saturated heterocycles. The largest absolute Gasteiger partial charge is 0.436 e. The minimum atomic E-state index is -4.60. The lowest BCUT2D eigenvalue weighted by Crippen LogP contribution is -2.17. The summed E-state index contributed by atoms with van der Waals surface area (Å²) in [5.41, 5.74) is -0.785. The summed E-state index contributed by atoms with van der Waals surface area (Å²) in [6.45, 7) is -0.0705. The normalized spacial score (nSPS) is 14.2. The van der Waals surface area contributed by atoms with Crippen LogP contribution in [-0.4, -0.2) is 20.6 Å². The van der Waals surface area contributed by atoms with E-state index in [0.29, 0.717) is 5.69 Å². The van der Waals surface area contributed by atoms with Gasteiger partial charge in [-0.05, 0) is 34.8 Å². The number of anilines is 1. The van der Waals surface area contributed by atoms with E-state index >= 15 is 0 Å². The summed E-state index contributed by atoms with van der Waals surface area (Å²) in [7, 11) is 0. The Balaban J connectivity index is 1.73. The molecule has 3 rings (SSSR count). The highest BCUT2D eigenvalue weighted by Gasteiger charge is 2.41. The van der Waals surface area contributed by atoms with Crippen molar-refractivity contribution in [3.63, 3.8) is 0 Å². The van der Waals surface area contributed by atoms with Crippen LogP contribution in [0, 0.1) is 10.1 Å². The molecular formula is C16H13BrClF3N4O3. The molecule has 7 nitrogen and oxygen atoms in total. The third kappa shape index (κ3) is 4.46. The highest BCUT2D eigenvalue weighted by molar-refractivity contribution is 9.10. The molecule has 2 aromatic rings. The highest BCUT2D eigenvalue weighted by Crippen LogP contribution is 2.47. The predicted molar refractivity (Wildman–Crippen MR) is 98.3 cm³/mol. The van der Waals surface area contributed by atoms with Gasteiger partial charge in [0.15, 0.2) is 5.69 Å². The van der Waals surface area contributed by atoms with Crippen molar-refractivity contribution < 1.29 is 22.9 Å². The number of hydrogen-bond donors (Lipinski definition) is 1. The molecule has 1 aliphatic rings. The molecule has 0 spiro atoms. The van der Waals surface area contributed by atoms with Gasteiger partial charge in [0.2, 0.25) is 5.91 Å². The van der Waals surface area contributed by atoms with E-state index in [9.17, 15) is 28.1 Å². The first-order chi connectivity index (χ1) is 13.1. The Morgan fingerprint density at radius 3 is 2.68 bits per heavy atom. The zero-order valence-electron chi connectivity index (χ0n) is 14.1. The number of rotatable bonds is 6. The summed E-state index contributed by atoms with van der Waals surface area (Å²) >= 11 is 8.91. The van der Waals surface area contributed by atoms with Crippen molar-refractivity contribution in [1.82, 2.24) is 9.78 Å². The van der Waals surface area contributed by atoms with Crippen LogP contribution in [0.15, 0.2) is 22.7 Å². The average Bonchev–Trinajstić information content (AvgIpc) is 3.37. The van der Waals surface area contributed by atoms with Gasteiger partial charge >= 0.3 is 6.18 Å². The number of carbonyl (C=O) groups is 1. The van der Waals surface area contributed by atoms with Gasteiger partial charge in [-0.15, -0.1) is 0 Å². The molecule has 1 fully saturated rings. The first-order valence-electron chi connectivity index (χ1n) is 8.15. The van der Waals surface area contributed by atoms with Crippen molar-refractivity contribution in [1.29, 1.82) is 0 Å². The lowest BCUT2D eigenvalue weighted by atomic mass is 10.2. The number of carbonyl (C=O) groups excluding carboxylic acids is 1. The Labute approximate surface area is 170 Å². The van der Waals surface area contributed by atoms with Crippen LogP contribution in [0.4, 0.5) is 24.5 Å². The second-order valence-corrected chi connectivity index (χ2v) is 7.46. The second kappa shape index (κ2) is 7.70. The molecule has 0 bridgehead atoms. The van der Waals surface area contributed by atoms with Crippen LogP contribution < -0.4 is 5.32 Å². The maximum Gasteiger partial charge on any atom is 0.436 e. The minimum Gasteiger partial charge on any atom is -0.325 e. The molecule has 1 N–H and O–H groups in total. The number of nitrogens with one attached hydrogen (secondary N) is 1. The summed E-state index contributed by atoms with van der Waals surface area (Å²) < 4.78 is 40.4. The number of amides is 1. The molecule has 28 heavy (non-hydrogen) atoms. The Morgan fingerprint density at radius 1 is 1.43 bits per heavy atom. The first kappa shape index (κ1) is 20.6. The third-order valence-electron chi connectivity index (χ3n) is 4.15. The Morgan fingerprint density at radius 2 is 2.11 bits per heavy atom. The van der Waals surface area contributed by atoms with Crippen LogP contribution in [0.25, 0.3) is 0 Å². The van der Waals surface area contributed by atoms with Crippen molar-refractivity contribution >= 4 is 44.8 Å². The quantitative estimate of drug-likeness (QED) is 0.457. The van der Waals surface area contributed by atoms with Crippen molar-refractivity contribution in [2.24, 2.45) is 0 Å². The molecule has 1 aliphatic carbocycles. The van der Waals surface area contributed by atoms with Gasteiger partial charge in [0.25, 0.3) is 5.69 Å². The van der Waals surface area contributed by atoms with Crippen LogP contribution in [0.1, 0.15) is 36.6 Å². The fraction of sp³-hybridized carbons (Fsp3) is 0.375. The van der Waals surface area contributed by atoms with E-state index < -0.39 is 22.7 Å². The number of nitrogens with zero attached hydrogens (tertiary/aromatic N) is 3. The maximum absolute atomic E-state index is 13.1. The van der Waals surface area contributed by atoms with E-state index in [-0.39, 0.29) is 39.8 Å². The zero-order valence-corrected chi connectivity index (χ0v) is 16.4. The lowest BCUT2D eigenvalue weighted by molar-refractivity contribution is -0.384. The molecule has 12 heteroatoms. The molecule has 0 atom stereocenters. The summed E-state index contributed by atoms with van der Waals surface area (Å²) in [6, 6.07) is 3.59. The number of aryl methyl sites for hydroxylation is 1. The van der Waals surface area contributed by atoms with Gasteiger partial charge in [-0.3, -0.25) is 19.6 Å². The summed E-state index contributed by atoms with van der Waals surface area (Å²) in [6.07, 6.45) is -3.26. The van der Waals surface area contributed by atoms with Crippen molar-refractivity contribution in [3.05, 3.63) is 49.2 Å². The van der Waals surface area contributed by atoms with Crippen molar-refractivity contribution in [2.75, 3.05) is 5.32 Å². The number of alkyl halides is 3. The third-order valence-corrected chi connectivity index (χ3v) is 5.26.